The smallest absolute Gasteiger partial charge is 0.110 e. The molecule has 2 nitrogen and oxygen atoms in total. The maximum Gasteiger partial charge on any atom is 0.110 e. The number of rotatable bonds is 0. The summed E-state index contributed by atoms with van der Waals surface area (Å²) >= 11 is 0. The molecule has 0 aromatic carbocycles. The summed E-state index contributed by atoms with van der Waals surface area (Å²) in [7, 11) is -4.40. The van der Waals surface area contributed by atoms with Crippen LogP contribution >= 0.6 is 14.3 Å². The highest BCUT2D eigenvalue weighted by molar-refractivity contribution is 7.72. The SMILES string of the molecule is CC1=CP(C)(=O)C2C1C1C(C)=CC2P1(C)=O. The normalized spacial score (nSPS) is 58.5. The molecule has 0 N–H and O–H groups in total. The highest BCUT2D eigenvalue weighted by atomic mass is 31.2. The summed E-state index contributed by atoms with van der Waals surface area (Å²) in [6.07, 6.45) is 2.15. The fourth-order valence-corrected chi connectivity index (χ4v) is 12.5. The molecule has 16 heavy (non-hydrogen) atoms. The van der Waals surface area contributed by atoms with Gasteiger partial charge < -0.3 is 9.13 Å². The van der Waals surface area contributed by atoms with Crippen LogP contribution in [0.4, 0.5) is 0 Å². The summed E-state index contributed by atoms with van der Waals surface area (Å²) in [6.45, 7) is 7.93. The molecular formula is C12H18O2P2. The number of hydrogen-bond donors (Lipinski definition) is 0. The highest BCUT2D eigenvalue weighted by Gasteiger charge is 2.64. The molecular weight excluding hydrogens is 238 g/mol. The predicted octanol–water partition coefficient (Wildman–Crippen LogP) is 3.59. The van der Waals surface area contributed by atoms with Gasteiger partial charge in [0.1, 0.15) is 7.14 Å². The Kier molecular flexibility index (Phi) is 1.97. The molecule has 0 amide bonds. The second kappa shape index (κ2) is 2.85. The molecule has 0 saturated carbocycles. The lowest BCUT2D eigenvalue weighted by Gasteiger charge is -2.26. The van der Waals surface area contributed by atoms with Crippen LogP contribution in [0, 0.1) is 5.92 Å². The quantitative estimate of drug-likeness (QED) is 0.490. The lowest BCUT2D eigenvalue weighted by Crippen LogP contribution is -2.27. The Morgan fingerprint density at radius 3 is 2.38 bits per heavy atom. The third kappa shape index (κ3) is 1.06. The van der Waals surface area contributed by atoms with Gasteiger partial charge in [0.15, 0.2) is 0 Å². The summed E-state index contributed by atoms with van der Waals surface area (Å²) in [6, 6.07) is 0. The van der Waals surface area contributed by atoms with Crippen molar-refractivity contribution in [3.63, 3.8) is 0 Å². The van der Waals surface area contributed by atoms with Crippen molar-refractivity contribution in [3.05, 3.63) is 23.0 Å². The van der Waals surface area contributed by atoms with Crippen molar-refractivity contribution in [2.75, 3.05) is 13.3 Å². The molecule has 3 heterocycles. The molecule has 3 aliphatic rings. The van der Waals surface area contributed by atoms with Gasteiger partial charge in [0.05, 0.1) is 7.14 Å². The molecule has 0 aromatic rings. The minimum absolute atomic E-state index is 0.0898. The fraction of sp³-hybridized carbons (Fsp3) is 0.667. The zero-order chi connectivity index (χ0) is 11.9. The van der Waals surface area contributed by atoms with Crippen LogP contribution in [0.3, 0.4) is 0 Å². The number of fused-ring (bicyclic) bond motifs is 5. The van der Waals surface area contributed by atoms with Gasteiger partial charge in [-0.15, -0.1) is 0 Å². The molecule has 0 radical (unpaired) electrons. The minimum Gasteiger partial charge on any atom is -0.323 e. The molecule has 6 unspecified atom stereocenters. The first-order valence-electron chi connectivity index (χ1n) is 5.78. The second-order valence-electron chi connectivity index (χ2n) is 5.85. The zero-order valence-corrected chi connectivity index (χ0v) is 12.0. The Morgan fingerprint density at radius 1 is 1.12 bits per heavy atom. The Morgan fingerprint density at radius 2 is 1.75 bits per heavy atom. The van der Waals surface area contributed by atoms with E-state index in [1.54, 1.807) is 0 Å². The fourth-order valence-electron chi connectivity index (χ4n) is 4.23. The maximum absolute atomic E-state index is 12.8. The first kappa shape index (κ1) is 11.1. The summed E-state index contributed by atoms with van der Waals surface area (Å²) in [5, 5.41) is 0. The van der Waals surface area contributed by atoms with Gasteiger partial charge in [0.2, 0.25) is 0 Å². The van der Waals surface area contributed by atoms with Crippen molar-refractivity contribution < 1.29 is 9.13 Å². The summed E-state index contributed by atoms with van der Waals surface area (Å²) in [5.41, 5.74) is 2.92. The largest absolute Gasteiger partial charge is 0.323 e. The number of hydrogen-bond acceptors (Lipinski definition) is 2. The van der Waals surface area contributed by atoms with Crippen LogP contribution in [0.15, 0.2) is 23.0 Å². The van der Waals surface area contributed by atoms with Gasteiger partial charge in [-0.3, -0.25) is 0 Å². The predicted molar refractivity (Wildman–Crippen MR) is 69.4 cm³/mol. The van der Waals surface area contributed by atoms with E-state index in [2.05, 4.69) is 19.9 Å². The van der Waals surface area contributed by atoms with Gasteiger partial charge in [-0.05, 0) is 33.0 Å². The van der Waals surface area contributed by atoms with E-state index >= 15 is 0 Å². The third-order valence-corrected chi connectivity index (χ3v) is 11.1. The molecule has 2 bridgehead atoms. The summed E-state index contributed by atoms with van der Waals surface area (Å²) in [5.74, 6) is 2.29. The molecule has 0 aliphatic carbocycles. The van der Waals surface area contributed by atoms with Gasteiger partial charge in [-0.1, -0.05) is 17.2 Å². The van der Waals surface area contributed by atoms with E-state index in [1.165, 1.54) is 11.1 Å². The number of allylic oxidation sites excluding steroid dienone is 3. The van der Waals surface area contributed by atoms with Gasteiger partial charge in [-0.25, -0.2) is 0 Å². The van der Waals surface area contributed by atoms with E-state index in [9.17, 15) is 9.13 Å². The van der Waals surface area contributed by atoms with Crippen molar-refractivity contribution in [2.24, 2.45) is 5.92 Å². The Bertz CT molecular complexity index is 529. The van der Waals surface area contributed by atoms with E-state index in [4.69, 9.17) is 0 Å². The zero-order valence-electron chi connectivity index (χ0n) is 10.2. The van der Waals surface area contributed by atoms with Crippen molar-refractivity contribution in [1.82, 2.24) is 0 Å². The average molecular weight is 256 g/mol. The van der Waals surface area contributed by atoms with Gasteiger partial charge in [-0.2, -0.15) is 0 Å². The molecule has 4 heteroatoms. The molecule has 1 saturated heterocycles. The van der Waals surface area contributed by atoms with Gasteiger partial charge >= 0.3 is 0 Å². The Labute approximate surface area is 96.9 Å². The van der Waals surface area contributed by atoms with E-state index in [1.807, 2.05) is 19.1 Å². The van der Waals surface area contributed by atoms with Crippen LogP contribution in [0.1, 0.15) is 13.8 Å². The molecule has 3 rings (SSSR count). The van der Waals surface area contributed by atoms with Crippen molar-refractivity contribution in [2.45, 2.75) is 30.8 Å². The maximum atomic E-state index is 12.8. The van der Waals surface area contributed by atoms with E-state index in [-0.39, 0.29) is 17.0 Å². The van der Waals surface area contributed by atoms with Crippen LogP contribution in [-0.2, 0) is 9.13 Å². The van der Waals surface area contributed by atoms with E-state index < -0.39 is 14.3 Å². The molecule has 0 spiro atoms. The van der Waals surface area contributed by atoms with Crippen LogP contribution in [-0.4, -0.2) is 30.3 Å². The monoisotopic (exact) mass is 256 g/mol. The Hall–Kier alpha value is -0.0600. The van der Waals surface area contributed by atoms with Gasteiger partial charge in [0.25, 0.3) is 0 Å². The topological polar surface area (TPSA) is 34.1 Å². The second-order valence-corrected chi connectivity index (χ2v) is 12.1. The molecule has 6 atom stereocenters. The van der Waals surface area contributed by atoms with E-state index in [0.29, 0.717) is 5.92 Å². The first-order valence-corrected chi connectivity index (χ1v) is 10.4. The average Bonchev–Trinajstić information content (AvgIpc) is 2.56. The van der Waals surface area contributed by atoms with Crippen LogP contribution < -0.4 is 0 Å². The minimum atomic E-state index is -2.23. The standard InChI is InChI=1S/C12H18O2P2/c1-7-5-9-12-10(11(7)16(9,4)14)8(2)6-15(12,3)13/h5-6,9-12H,1-4H3. The molecule has 1 fully saturated rings. The van der Waals surface area contributed by atoms with Crippen LogP contribution in [0.2, 0.25) is 0 Å². The molecule has 88 valence electrons. The third-order valence-electron chi connectivity index (χ3n) is 4.68. The Balaban J connectivity index is 2.22. The lowest BCUT2D eigenvalue weighted by molar-refractivity contribution is 0.549. The first-order chi connectivity index (χ1) is 7.27. The summed E-state index contributed by atoms with van der Waals surface area (Å²) in [4.78, 5) is 0. The van der Waals surface area contributed by atoms with Crippen LogP contribution in [0.25, 0.3) is 0 Å². The molecule has 3 aliphatic heterocycles. The summed E-state index contributed by atoms with van der Waals surface area (Å²) < 4.78 is 25.4. The lowest BCUT2D eigenvalue weighted by atomic mass is 9.85. The van der Waals surface area contributed by atoms with Crippen molar-refractivity contribution in [1.29, 1.82) is 0 Å². The van der Waals surface area contributed by atoms with Crippen molar-refractivity contribution in [3.8, 4) is 0 Å². The van der Waals surface area contributed by atoms with Gasteiger partial charge in [0, 0.05) is 22.9 Å². The highest BCUT2D eigenvalue weighted by Crippen LogP contribution is 2.79. The van der Waals surface area contributed by atoms with Crippen LogP contribution in [0.5, 0.6) is 0 Å². The van der Waals surface area contributed by atoms with Crippen molar-refractivity contribution >= 4 is 14.3 Å². The van der Waals surface area contributed by atoms with E-state index in [0.717, 1.165) is 0 Å². The molecule has 0 aromatic heterocycles.